The molecule has 1 aromatic carbocycles. The number of Topliss-reactive ketones (excluding diaryl/α,β-unsaturated/α-hetero) is 1. The average Bonchev–Trinajstić information content (AvgIpc) is 2.56. The number of hydrogen-bond acceptors (Lipinski definition) is 2. The fourth-order valence-electron chi connectivity index (χ4n) is 1.76. The molecule has 0 saturated carbocycles. The van der Waals surface area contributed by atoms with Gasteiger partial charge in [-0.25, -0.2) is 4.79 Å². The van der Waals surface area contributed by atoms with E-state index in [1.165, 1.54) is 6.92 Å². The third-order valence-corrected chi connectivity index (χ3v) is 2.68. The molecule has 0 saturated heterocycles. The highest BCUT2D eigenvalue weighted by atomic mass is 16.4. The molecule has 2 N–H and O–H groups in total. The highest BCUT2D eigenvalue weighted by molar-refractivity contribution is 6.02. The Hall–Kier alpha value is -2.10. The van der Waals surface area contributed by atoms with Gasteiger partial charge in [0.25, 0.3) is 0 Å². The Balaban J connectivity index is 2.73. The summed E-state index contributed by atoms with van der Waals surface area (Å²) in [4.78, 5) is 24.9. The van der Waals surface area contributed by atoms with E-state index in [4.69, 9.17) is 5.11 Å². The molecule has 0 aliphatic rings. The van der Waals surface area contributed by atoms with Gasteiger partial charge >= 0.3 is 5.97 Å². The predicted octanol–water partition coefficient (Wildman–Crippen LogP) is 2.38. The minimum atomic E-state index is -0.988. The summed E-state index contributed by atoms with van der Waals surface area (Å²) in [5, 5.41) is 9.73. The van der Waals surface area contributed by atoms with Crippen molar-refractivity contribution >= 4 is 22.7 Å². The number of aromatic nitrogens is 1. The molecule has 0 atom stereocenters. The second-order valence-corrected chi connectivity index (χ2v) is 3.75. The lowest BCUT2D eigenvalue weighted by molar-refractivity contribution is 0.0690. The molecule has 4 nitrogen and oxygen atoms in total. The van der Waals surface area contributed by atoms with Gasteiger partial charge in [0.15, 0.2) is 5.78 Å². The number of ketones is 1. The van der Waals surface area contributed by atoms with E-state index in [1.54, 1.807) is 25.1 Å². The Kier molecular flexibility index (Phi) is 2.27. The molecule has 0 amide bonds. The van der Waals surface area contributed by atoms with E-state index in [0.29, 0.717) is 11.1 Å². The lowest BCUT2D eigenvalue weighted by atomic mass is 10.1. The molecule has 0 unspecified atom stereocenters. The number of rotatable bonds is 2. The number of aryl methyl sites for hydroxylation is 1. The molecule has 0 aliphatic heterocycles. The van der Waals surface area contributed by atoms with E-state index in [2.05, 4.69) is 4.98 Å². The number of H-pyrrole nitrogens is 1. The Bertz CT molecular complexity index is 596. The van der Waals surface area contributed by atoms with Gasteiger partial charge in [-0.2, -0.15) is 0 Å². The molecule has 82 valence electrons. The first-order valence-corrected chi connectivity index (χ1v) is 4.87. The van der Waals surface area contributed by atoms with Gasteiger partial charge in [-0.05, 0) is 37.6 Å². The number of carbonyl (C=O) groups is 2. The highest BCUT2D eigenvalue weighted by Crippen LogP contribution is 2.23. The molecular formula is C12H11NO3. The summed E-state index contributed by atoms with van der Waals surface area (Å²) in [6.45, 7) is 3.22. The normalized spacial score (nSPS) is 10.6. The van der Waals surface area contributed by atoms with Crippen LogP contribution in [0.2, 0.25) is 0 Å². The number of benzene rings is 1. The van der Waals surface area contributed by atoms with Crippen molar-refractivity contribution in [1.29, 1.82) is 0 Å². The van der Waals surface area contributed by atoms with Crippen molar-refractivity contribution in [3.05, 3.63) is 35.0 Å². The van der Waals surface area contributed by atoms with Gasteiger partial charge < -0.3 is 10.1 Å². The Labute approximate surface area is 91.9 Å². The number of carboxylic acid groups (broad SMARTS) is 1. The lowest BCUT2D eigenvalue weighted by Crippen LogP contribution is -1.98. The first-order valence-electron chi connectivity index (χ1n) is 4.87. The zero-order chi connectivity index (χ0) is 11.9. The molecular weight excluding hydrogens is 206 g/mol. The molecule has 1 heterocycles. The van der Waals surface area contributed by atoms with Crippen LogP contribution in [0.15, 0.2) is 18.2 Å². The largest absolute Gasteiger partial charge is 0.477 e. The van der Waals surface area contributed by atoms with E-state index in [9.17, 15) is 9.59 Å². The Morgan fingerprint density at radius 2 is 2.00 bits per heavy atom. The van der Waals surface area contributed by atoms with Crippen LogP contribution >= 0.6 is 0 Å². The summed E-state index contributed by atoms with van der Waals surface area (Å²) in [6, 6.07) is 5.13. The van der Waals surface area contributed by atoms with Crippen LogP contribution in [-0.4, -0.2) is 21.8 Å². The van der Waals surface area contributed by atoms with Crippen LogP contribution < -0.4 is 0 Å². The maximum absolute atomic E-state index is 11.2. The van der Waals surface area contributed by atoms with Crippen molar-refractivity contribution in [3.8, 4) is 0 Å². The van der Waals surface area contributed by atoms with Crippen molar-refractivity contribution in [2.24, 2.45) is 0 Å². The molecule has 0 bridgehead atoms. The third kappa shape index (κ3) is 1.48. The topological polar surface area (TPSA) is 70.2 Å². The van der Waals surface area contributed by atoms with E-state index in [-0.39, 0.29) is 11.5 Å². The quantitative estimate of drug-likeness (QED) is 0.758. The summed E-state index contributed by atoms with van der Waals surface area (Å²) in [5.74, 6) is -1.02. The fraction of sp³-hybridized carbons (Fsp3) is 0.167. The summed E-state index contributed by atoms with van der Waals surface area (Å²) in [7, 11) is 0. The first kappa shape index (κ1) is 10.4. The van der Waals surface area contributed by atoms with Crippen LogP contribution in [0.5, 0.6) is 0 Å². The molecule has 0 spiro atoms. The Morgan fingerprint density at radius 1 is 1.31 bits per heavy atom. The van der Waals surface area contributed by atoms with Gasteiger partial charge in [0, 0.05) is 16.5 Å². The number of fused-ring (bicyclic) bond motifs is 1. The minimum Gasteiger partial charge on any atom is -0.477 e. The number of carbonyl (C=O) groups excluding carboxylic acids is 1. The van der Waals surface area contributed by atoms with Gasteiger partial charge in [0.2, 0.25) is 0 Å². The maximum atomic E-state index is 11.2. The molecule has 0 fully saturated rings. The predicted molar refractivity (Wildman–Crippen MR) is 60.0 cm³/mol. The summed E-state index contributed by atoms with van der Waals surface area (Å²) in [6.07, 6.45) is 0. The summed E-state index contributed by atoms with van der Waals surface area (Å²) >= 11 is 0. The van der Waals surface area contributed by atoms with E-state index >= 15 is 0 Å². The second-order valence-electron chi connectivity index (χ2n) is 3.75. The zero-order valence-electron chi connectivity index (χ0n) is 9.00. The van der Waals surface area contributed by atoms with Gasteiger partial charge in [0.05, 0.1) is 0 Å². The maximum Gasteiger partial charge on any atom is 0.352 e. The number of carboxylic acids is 1. The van der Waals surface area contributed by atoms with Gasteiger partial charge in [-0.3, -0.25) is 4.79 Å². The lowest BCUT2D eigenvalue weighted by Gasteiger charge is -1.96. The van der Waals surface area contributed by atoms with E-state index in [1.807, 2.05) is 0 Å². The molecule has 0 aliphatic carbocycles. The van der Waals surface area contributed by atoms with Crippen molar-refractivity contribution < 1.29 is 14.7 Å². The van der Waals surface area contributed by atoms with Gasteiger partial charge in [0.1, 0.15) is 5.69 Å². The molecule has 2 aromatic rings. The minimum absolute atomic E-state index is 0.0284. The van der Waals surface area contributed by atoms with Crippen LogP contribution in [0.1, 0.15) is 33.3 Å². The number of hydrogen-bond donors (Lipinski definition) is 2. The number of aromatic carboxylic acids is 1. The molecule has 1 aromatic heterocycles. The molecule has 4 heteroatoms. The van der Waals surface area contributed by atoms with Crippen LogP contribution in [0.3, 0.4) is 0 Å². The van der Waals surface area contributed by atoms with Crippen molar-refractivity contribution in [3.63, 3.8) is 0 Å². The Morgan fingerprint density at radius 3 is 2.56 bits per heavy atom. The summed E-state index contributed by atoms with van der Waals surface area (Å²) < 4.78 is 0. The van der Waals surface area contributed by atoms with Gasteiger partial charge in [-0.1, -0.05) is 0 Å². The van der Waals surface area contributed by atoms with Crippen LogP contribution in [-0.2, 0) is 0 Å². The first-order chi connectivity index (χ1) is 7.50. The zero-order valence-corrected chi connectivity index (χ0v) is 9.00. The standard InChI is InChI=1S/C12H11NO3/c1-6-9-5-8(7(2)14)3-4-10(9)13-11(6)12(15)16/h3-5,13H,1-2H3,(H,15,16). The van der Waals surface area contributed by atoms with E-state index in [0.717, 1.165) is 10.9 Å². The summed E-state index contributed by atoms with van der Waals surface area (Å²) in [5.41, 5.74) is 2.16. The van der Waals surface area contributed by atoms with E-state index < -0.39 is 5.97 Å². The van der Waals surface area contributed by atoms with Gasteiger partial charge in [-0.15, -0.1) is 0 Å². The van der Waals surface area contributed by atoms with Crippen molar-refractivity contribution in [1.82, 2.24) is 4.98 Å². The van der Waals surface area contributed by atoms with Crippen molar-refractivity contribution in [2.45, 2.75) is 13.8 Å². The molecule has 2 rings (SSSR count). The van der Waals surface area contributed by atoms with Crippen LogP contribution in [0, 0.1) is 6.92 Å². The molecule has 0 radical (unpaired) electrons. The average molecular weight is 217 g/mol. The van der Waals surface area contributed by atoms with Crippen LogP contribution in [0.25, 0.3) is 10.9 Å². The van der Waals surface area contributed by atoms with Crippen LogP contribution in [0.4, 0.5) is 0 Å². The monoisotopic (exact) mass is 217 g/mol. The molecule has 16 heavy (non-hydrogen) atoms. The number of aromatic amines is 1. The SMILES string of the molecule is CC(=O)c1ccc2[nH]c(C(=O)O)c(C)c2c1. The van der Waals surface area contributed by atoms with Crippen molar-refractivity contribution in [2.75, 3.05) is 0 Å². The third-order valence-electron chi connectivity index (χ3n) is 2.68. The number of nitrogens with one attached hydrogen (secondary N) is 1. The second kappa shape index (κ2) is 3.48. The smallest absolute Gasteiger partial charge is 0.352 e. The fourth-order valence-corrected chi connectivity index (χ4v) is 1.76. The highest BCUT2D eigenvalue weighted by Gasteiger charge is 2.14.